The number of pyridine rings is 1. The summed E-state index contributed by atoms with van der Waals surface area (Å²) in [4.78, 5) is 3.61. The summed E-state index contributed by atoms with van der Waals surface area (Å²) < 4.78 is 80.2. The molecule has 0 amide bonds. The Hall–Kier alpha value is -2.53. The van der Waals surface area contributed by atoms with E-state index in [0.29, 0.717) is 0 Å². The number of halogens is 4. The molecule has 3 N–H and O–H groups in total. The molecule has 6 nitrogen and oxygen atoms in total. The second kappa shape index (κ2) is 7.61. The first-order valence-electron chi connectivity index (χ1n) is 7.62. The van der Waals surface area contributed by atoms with E-state index in [-0.39, 0.29) is 15.6 Å². The molecule has 1 aromatic carbocycles. The molecule has 1 heterocycles. The highest BCUT2D eigenvalue weighted by molar-refractivity contribution is 7.89. The number of nitrogen functional groups attached to an aromatic ring is 1. The van der Waals surface area contributed by atoms with Crippen molar-refractivity contribution in [2.45, 2.75) is 24.2 Å². The van der Waals surface area contributed by atoms with Gasteiger partial charge >= 0.3 is 6.18 Å². The molecule has 2 rings (SSSR count). The van der Waals surface area contributed by atoms with Gasteiger partial charge in [-0.15, -0.1) is 0 Å². The summed E-state index contributed by atoms with van der Waals surface area (Å²) in [7, 11) is -4.69. The minimum atomic E-state index is -4.96. The van der Waals surface area contributed by atoms with Crippen molar-refractivity contribution in [3.8, 4) is 0 Å². The molecule has 0 aliphatic carbocycles. The minimum Gasteiger partial charge on any atom is -0.397 e. The van der Waals surface area contributed by atoms with Crippen molar-refractivity contribution in [2.75, 3.05) is 12.3 Å². The number of nitrogens with two attached hydrogens (primary N) is 1. The highest BCUT2D eigenvalue weighted by Gasteiger charge is 2.49. The monoisotopic (exact) mass is 404 g/mol. The van der Waals surface area contributed by atoms with Crippen molar-refractivity contribution in [3.05, 3.63) is 53.5 Å². The molecule has 0 saturated carbocycles. The van der Waals surface area contributed by atoms with Crippen LogP contribution in [0.5, 0.6) is 0 Å². The second-order valence-electron chi connectivity index (χ2n) is 5.50. The van der Waals surface area contributed by atoms with Crippen molar-refractivity contribution in [3.63, 3.8) is 0 Å². The summed E-state index contributed by atoms with van der Waals surface area (Å²) in [6, 6.07) is 1.80. The lowest BCUT2D eigenvalue weighted by Gasteiger charge is -2.31. The first-order chi connectivity index (χ1) is 12.5. The van der Waals surface area contributed by atoms with E-state index in [1.165, 1.54) is 6.92 Å². The summed E-state index contributed by atoms with van der Waals surface area (Å²) in [5.74, 6) is -0.749. The van der Waals surface area contributed by atoms with Gasteiger partial charge in [0.2, 0.25) is 0 Å². The topological polar surface area (TPSA) is 100 Å². The Bertz CT molecular complexity index is 930. The van der Waals surface area contributed by atoms with Crippen molar-refractivity contribution in [1.82, 2.24) is 9.29 Å². The fraction of sp³-hybridized carbons (Fsp3) is 0.250. The van der Waals surface area contributed by atoms with Crippen LogP contribution in [0, 0.1) is 11.2 Å². The number of sulfonamides is 1. The van der Waals surface area contributed by atoms with Crippen molar-refractivity contribution in [2.24, 2.45) is 0 Å². The van der Waals surface area contributed by atoms with Crippen LogP contribution < -0.4 is 5.73 Å². The van der Waals surface area contributed by atoms with E-state index in [2.05, 4.69) is 4.98 Å². The summed E-state index contributed by atoms with van der Waals surface area (Å²) in [5, 5.41) is 6.55. The zero-order valence-corrected chi connectivity index (χ0v) is 14.9. The van der Waals surface area contributed by atoms with Crippen molar-refractivity contribution in [1.29, 1.82) is 5.41 Å². The van der Waals surface area contributed by atoms with Crippen LogP contribution >= 0.6 is 0 Å². The number of hydrogen-bond donors (Lipinski definition) is 2. The number of aromatic nitrogens is 1. The Morgan fingerprint density at radius 2 is 1.89 bits per heavy atom. The van der Waals surface area contributed by atoms with Crippen molar-refractivity contribution < 1.29 is 26.0 Å². The standard InChI is InChI=1S/C16H16F4N4O2S/c1-2-24(15(16(18,19)20)10-3-5-12(17)6-4-10)27(25,26)14-7-11(8-21)13(22)9-23-14/h3-9,15,21H,2,22H2,1H3/t15-/m1/s1. The van der Waals surface area contributed by atoms with Crippen LogP contribution in [0.1, 0.15) is 24.1 Å². The third-order valence-corrected chi connectivity index (χ3v) is 5.61. The SMILES string of the molecule is CCN([C@H](c1ccc(F)cc1)C(F)(F)F)S(=O)(=O)c1cc(C=N)c(N)cn1. The predicted octanol–water partition coefficient (Wildman–Crippen LogP) is 3.11. The van der Waals surface area contributed by atoms with Crippen molar-refractivity contribution >= 4 is 21.9 Å². The van der Waals surface area contributed by atoms with E-state index in [4.69, 9.17) is 11.1 Å². The number of hydrogen-bond acceptors (Lipinski definition) is 5. The summed E-state index contributed by atoms with van der Waals surface area (Å²) in [6.45, 7) is 0.727. The number of rotatable bonds is 6. The molecule has 1 atom stereocenters. The average molecular weight is 404 g/mol. The van der Waals surface area contributed by atoms with Gasteiger partial charge in [0.1, 0.15) is 11.9 Å². The number of nitrogens with one attached hydrogen (secondary N) is 1. The Kier molecular flexibility index (Phi) is 5.85. The van der Waals surface area contributed by atoms with E-state index in [1.54, 1.807) is 0 Å². The van der Waals surface area contributed by atoms with E-state index >= 15 is 0 Å². The molecule has 0 saturated heterocycles. The molecule has 0 aliphatic heterocycles. The maximum absolute atomic E-state index is 13.7. The van der Waals surface area contributed by atoms with E-state index in [9.17, 15) is 26.0 Å². The molecule has 27 heavy (non-hydrogen) atoms. The molecule has 0 radical (unpaired) electrons. The number of benzene rings is 1. The van der Waals surface area contributed by atoms with Gasteiger partial charge in [0.25, 0.3) is 10.0 Å². The van der Waals surface area contributed by atoms with Gasteiger partial charge in [-0.05, 0) is 23.8 Å². The lowest BCUT2D eigenvalue weighted by molar-refractivity contribution is -0.173. The maximum atomic E-state index is 13.7. The van der Waals surface area contributed by atoms with Gasteiger partial charge in [0.05, 0.1) is 11.9 Å². The normalized spacial score (nSPS) is 13.6. The maximum Gasteiger partial charge on any atom is 0.409 e. The highest BCUT2D eigenvalue weighted by atomic mass is 32.2. The molecule has 0 aliphatic rings. The zero-order valence-electron chi connectivity index (χ0n) is 14.0. The first-order valence-corrected chi connectivity index (χ1v) is 9.06. The Morgan fingerprint density at radius 3 is 2.37 bits per heavy atom. The molecule has 11 heteroatoms. The molecule has 2 aromatic rings. The Labute approximate surface area is 153 Å². The van der Waals surface area contributed by atoms with Crippen LogP contribution in [-0.2, 0) is 10.0 Å². The number of nitrogens with zero attached hydrogens (tertiary/aromatic N) is 2. The fourth-order valence-electron chi connectivity index (χ4n) is 2.50. The summed E-state index contributed by atoms with van der Waals surface area (Å²) >= 11 is 0. The molecular formula is C16H16F4N4O2S. The van der Waals surface area contributed by atoms with Gasteiger partial charge in [-0.3, -0.25) is 0 Å². The van der Waals surface area contributed by atoms with Gasteiger partial charge in [-0.25, -0.2) is 17.8 Å². The van der Waals surface area contributed by atoms with Crippen LogP contribution in [0.3, 0.4) is 0 Å². The third-order valence-electron chi connectivity index (χ3n) is 3.77. The Balaban J connectivity index is 2.62. The van der Waals surface area contributed by atoms with E-state index in [1.807, 2.05) is 0 Å². The van der Waals surface area contributed by atoms with E-state index < -0.39 is 45.2 Å². The molecule has 0 bridgehead atoms. The third kappa shape index (κ3) is 4.25. The lowest BCUT2D eigenvalue weighted by atomic mass is 10.1. The molecule has 1 aromatic heterocycles. The van der Waals surface area contributed by atoms with Crippen LogP contribution in [0.15, 0.2) is 41.6 Å². The van der Waals surface area contributed by atoms with Crippen LogP contribution in [0.25, 0.3) is 0 Å². The quantitative estimate of drug-likeness (QED) is 0.571. The van der Waals surface area contributed by atoms with Crippen LogP contribution in [0.4, 0.5) is 23.2 Å². The van der Waals surface area contributed by atoms with E-state index in [0.717, 1.165) is 42.7 Å². The smallest absolute Gasteiger partial charge is 0.397 e. The van der Waals surface area contributed by atoms with Gasteiger partial charge < -0.3 is 11.1 Å². The average Bonchev–Trinajstić information content (AvgIpc) is 2.59. The van der Waals surface area contributed by atoms with Crippen LogP contribution in [0.2, 0.25) is 0 Å². The Morgan fingerprint density at radius 1 is 1.30 bits per heavy atom. The number of alkyl halides is 3. The largest absolute Gasteiger partial charge is 0.409 e. The highest BCUT2D eigenvalue weighted by Crippen LogP contribution is 2.40. The first kappa shape index (κ1) is 20.8. The fourth-order valence-corrected chi connectivity index (χ4v) is 4.06. The van der Waals surface area contributed by atoms with Crippen LogP contribution in [-0.4, -0.2) is 36.6 Å². The molecule has 0 fully saturated rings. The zero-order chi connectivity index (χ0) is 20.4. The summed E-state index contributed by atoms with van der Waals surface area (Å²) in [5.41, 5.74) is 5.13. The second-order valence-corrected chi connectivity index (χ2v) is 7.34. The molecule has 0 spiro atoms. The summed E-state index contributed by atoms with van der Waals surface area (Å²) in [6.07, 6.45) is -3.23. The van der Waals surface area contributed by atoms with Gasteiger partial charge in [-0.1, -0.05) is 19.1 Å². The van der Waals surface area contributed by atoms with Gasteiger partial charge in [-0.2, -0.15) is 17.5 Å². The number of anilines is 1. The van der Waals surface area contributed by atoms with Gasteiger partial charge in [0.15, 0.2) is 5.03 Å². The molecule has 146 valence electrons. The molecular weight excluding hydrogens is 388 g/mol. The predicted molar refractivity (Wildman–Crippen MR) is 91.3 cm³/mol. The minimum absolute atomic E-state index is 0.00460. The molecule has 0 unspecified atom stereocenters. The van der Waals surface area contributed by atoms with Gasteiger partial charge in [0, 0.05) is 18.3 Å². The lowest BCUT2D eigenvalue weighted by Crippen LogP contribution is -2.42.